The summed E-state index contributed by atoms with van der Waals surface area (Å²) in [7, 11) is 0. The number of carbonyl (C=O) groups excluding carboxylic acids is 8. The molecule has 4 aliphatic rings. The summed E-state index contributed by atoms with van der Waals surface area (Å²) in [5.41, 5.74) is -6.07. The molecule has 0 aliphatic heterocycles. The SMILES string of the molecule is C=C(C)C(=O)OCCOC(=O)C12CC3(C(=O)OCCOC(=O)C(=C)C)CC(C(=O)OCCOC(=O)C(=C)C)(C1)CC(C(=O)OCCOC(=O)C(=C)C)(C2)C3. The second-order valence-electron chi connectivity index (χ2n) is 14.4. The highest BCUT2D eigenvalue weighted by Crippen LogP contribution is 2.75. The van der Waals surface area contributed by atoms with Gasteiger partial charge in [0.2, 0.25) is 0 Å². The second-order valence-corrected chi connectivity index (χ2v) is 14.4. The maximum absolute atomic E-state index is 14.1. The van der Waals surface area contributed by atoms with Crippen LogP contribution in [0.3, 0.4) is 0 Å². The van der Waals surface area contributed by atoms with Crippen LogP contribution in [0.4, 0.5) is 0 Å². The summed E-state index contributed by atoms with van der Waals surface area (Å²) in [6.45, 7) is 16.9. The smallest absolute Gasteiger partial charge is 0.333 e. The molecule has 0 radical (unpaired) electrons. The van der Waals surface area contributed by atoms with E-state index in [2.05, 4.69) is 26.3 Å². The Morgan fingerprint density at radius 1 is 0.333 bits per heavy atom. The molecule has 0 atom stereocenters. The first kappa shape index (κ1) is 43.1. The lowest BCUT2D eigenvalue weighted by atomic mass is 9.35. The fourth-order valence-electron chi connectivity index (χ4n) is 7.68. The number of rotatable bonds is 20. The van der Waals surface area contributed by atoms with Crippen LogP contribution in [0.1, 0.15) is 66.2 Å². The first-order valence-electron chi connectivity index (χ1n) is 17.2. The van der Waals surface area contributed by atoms with Gasteiger partial charge >= 0.3 is 47.8 Å². The number of ether oxygens (including phenoxy) is 8. The predicted molar refractivity (Wildman–Crippen MR) is 184 cm³/mol. The van der Waals surface area contributed by atoms with Gasteiger partial charge in [0.05, 0.1) is 21.7 Å². The second kappa shape index (κ2) is 17.7. The molecular formula is C38H48O16. The first-order chi connectivity index (χ1) is 25.2. The predicted octanol–water partition coefficient (Wildman–Crippen LogP) is 2.96. The topological polar surface area (TPSA) is 210 Å². The summed E-state index contributed by atoms with van der Waals surface area (Å²) in [6.07, 6.45) is -1.14. The van der Waals surface area contributed by atoms with Gasteiger partial charge in [0.1, 0.15) is 52.9 Å². The van der Waals surface area contributed by atoms with Gasteiger partial charge in [-0.2, -0.15) is 0 Å². The molecule has 4 fully saturated rings. The zero-order valence-corrected chi connectivity index (χ0v) is 31.3. The zero-order chi connectivity index (χ0) is 40.5. The molecule has 54 heavy (non-hydrogen) atoms. The molecule has 4 bridgehead atoms. The number of hydrogen-bond acceptors (Lipinski definition) is 16. The lowest BCUT2D eigenvalue weighted by Crippen LogP contribution is -2.69. The van der Waals surface area contributed by atoms with E-state index in [-0.39, 0.29) is 114 Å². The minimum atomic E-state index is -1.64. The fraction of sp³-hybridized carbons (Fsp3) is 0.579. The highest BCUT2D eigenvalue weighted by Gasteiger charge is 2.77. The monoisotopic (exact) mass is 760 g/mol. The minimum Gasteiger partial charge on any atom is -0.462 e. The molecule has 0 aromatic carbocycles. The summed E-state index contributed by atoms with van der Waals surface area (Å²) < 4.78 is 42.5. The summed E-state index contributed by atoms with van der Waals surface area (Å²) in [5, 5.41) is 0. The quantitative estimate of drug-likeness (QED) is 0.0756. The lowest BCUT2D eigenvalue weighted by Gasteiger charge is -2.66. The van der Waals surface area contributed by atoms with E-state index in [0.717, 1.165) is 0 Å². The van der Waals surface area contributed by atoms with Crippen molar-refractivity contribution in [3.05, 3.63) is 48.6 Å². The van der Waals surface area contributed by atoms with Crippen LogP contribution >= 0.6 is 0 Å². The van der Waals surface area contributed by atoms with Crippen LogP contribution < -0.4 is 0 Å². The maximum Gasteiger partial charge on any atom is 0.333 e. The van der Waals surface area contributed by atoms with Crippen molar-refractivity contribution in [2.45, 2.75) is 66.2 Å². The highest BCUT2D eigenvalue weighted by atomic mass is 16.6. The van der Waals surface area contributed by atoms with Gasteiger partial charge in [-0.15, -0.1) is 0 Å². The zero-order valence-electron chi connectivity index (χ0n) is 31.3. The van der Waals surface area contributed by atoms with Crippen molar-refractivity contribution < 1.29 is 76.3 Å². The van der Waals surface area contributed by atoms with Crippen molar-refractivity contribution in [3.8, 4) is 0 Å². The Hall–Kier alpha value is -5.28. The fourth-order valence-corrected chi connectivity index (χ4v) is 7.68. The standard InChI is InChI=1S/C38H48O16/c1-23(2)27(39)47-9-13-51-31(43)35-17-36(32(44)52-14-10-48-28(40)24(3)4)20-37(18-35,33(45)53-15-11-49-29(41)25(5)6)22-38(19-35,21-36)34(46)54-16-12-50-30(42)26(7)8/h1,3,5,7,9-22H2,2,4,6,8H3. The van der Waals surface area contributed by atoms with Gasteiger partial charge in [-0.05, 0) is 66.2 Å². The minimum absolute atomic E-state index is 0.127. The summed E-state index contributed by atoms with van der Waals surface area (Å²) in [4.78, 5) is 104. The third kappa shape index (κ3) is 10.0. The molecule has 0 heterocycles. The molecule has 16 nitrogen and oxygen atoms in total. The average Bonchev–Trinajstić information content (AvgIpc) is 3.10. The van der Waals surface area contributed by atoms with Crippen molar-refractivity contribution in [3.63, 3.8) is 0 Å². The Balaban J connectivity index is 1.99. The molecule has 0 aromatic heterocycles. The van der Waals surface area contributed by atoms with E-state index in [1.54, 1.807) is 0 Å². The Bertz CT molecular complexity index is 1350. The van der Waals surface area contributed by atoms with Crippen LogP contribution in [0, 0.1) is 21.7 Å². The van der Waals surface area contributed by atoms with Crippen LogP contribution in [0.2, 0.25) is 0 Å². The molecule has 4 aliphatic carbocycles. The van der Waals surface area contributed by atoms with E-state index < -0.39 is 69.4 Å². The maximum atomic E-state index is 14.1. The summed E-state index contributed by atoms with van der Waals surface area (Å²) in [5.74, 6) is -6.27. The van der Waals surface area contributed by atoms with E-state index in [0.29, 0.717) is 0 Å². The van der Waals surface area contributed by atoms with Crippen molar-refractivity contribution in [1.29, 1.82) is 0 Å². The van der Waals surface area contributed by atoms with E-state index in [1.165, 1.54) is 27.7 Å². The Morgan fingerprint density at radius 2 is 0.481 bits per heavy atom. The van der Waals surface area contributed by atoms with Gasteiger partial charge in [0.25, 0.3) is 0 Å². The Morgan fingerprint density at radius 3 is 0.630 bits per heavy atom. The molecule has 0 spiro atoms. The summed E-state index contributed by atoms with van der Waals surface area (Å²) >= 11 is 0. The molecule has 0 saturated heterocycles. The lowest BCUT2D eigenvalue weighted by molar-refractivity contribution is -0.237. The molecule has 0 amide bonds. The van der Waals surface area contributed by atoms with Crippen LogP contribution in [-0.2, 0) is 76.3 Å². The van der Waals surface area contributed by atoms with E-state index in [9.17, 15) is 38.4 Å². The summed E-state index contributed by atoms with van der Waals surface area (Å²) in [6, 6.07) is 0. The average molecular weight is 761 g/mol. The first-order valence-corrected chi connectivity index (χ1v) is 17.2. The number of carbonyl (C=O) groups is 8. The molecular weight excluding hydrogens is 712 g/mol. The molecule has 0 aromatic rings. The van der Waals surface area contributed by atoms with Gasteiger partial charge < -0.3 is 37.9 Å². The largest absolute Gasteiger partial charge is 0.462 e. The van der Waals surface area contributed by atoms with Crippen molar-refractivity contribution in [2.75, 3.05) is 52.9 Å². The molecule has 4 rings (SSSR count). The third-order valence-electron chi connectivity index (χ3n) is 9.39. The molecule has 16 heteroatoms. The van der Waals surface area contributed by atoms with Gasteiger partial charge in [-0.3, -0.25) is 19.2 Å². The van der Waals surface area contributed by atoms with E-state index in [1.807, 2.05) is 0 Å². The third-order valence-corrected chi connectivity index (χ3v) is 9.39. The van der Waals surface area contributed by atoms with Crippen LogP contribution in [-0.4, -0.2) is 101 Å². The molecule has 296 valence electrons. The van der Waals surface area contributed by atoms with Crippen LogP contribution in [0.15, 0.2) is 48.6 Å². The number of hydrogen-bond donors (Lipinski definition) is 0. The normalized spacial score (nSPS) is 24.5. The van der Waals surface area contributed by atoms with Gasteiger partial charge in [-0.1, -0.05) is 26.3 Å². The van der Waals surface area contributed by atoms with E-state index >= 15 is 0 Å². The van der Waals surface area contributed by atoms with Crippen molar-refractivity contribution in [1.82, 2.24) is 0 Å². The Labute approximate surface area is 313 Å². The highest BCUT2D eigenvalue weighted by molar-refractivity contribution is 5.92. The van der Waals surface area contributed by atoms with Crippen LogP contribution in [0.25, 0.3) is 0 Å². The molecule has 0 N–H and O–H groups in total. The Kier molecular flexibility index (Phi) is 14.1. The van der Waals surface area contributed by atoms with Gasteiger partial charge in [0, 0.05) is 22.3 Å². The molecule has 4 saturated carbocycles. The van der Waals surface area contributed by atoms with Crippen molar-refractivity contribution >= 4 is 47.8 Å². The van der Waals surface area contributed by atoms with Crippen LogP contribution in [0.5, 0.6) is 0 Å². The van der Waals surface area contributed by atoms with E-state index in [4.69, 9.17) is 37.9 Å². The van der Waals surface area contributed by atoms with Gasteiger partial charge in [0.15, 0.2) is 0 Å². The number of esters is 8. The van der Waals surface area contributed by atoms with Crippen molar-refractivity contribution in [2.24, 2.45) is 21.7 Å². The molecule has 0 unspecified atom stereocenters. The van der Waals surface area contributed by atoms with Gasteiger partial charge in [-0.25, -0.2) is 19.2 Å².